The molecule has 0 bridgehead atoms. The highest BCUT2D eigenvalue weighted by Gasteiger charge is 2.48. The van der Waals surface area contributed by atoms with Crippen LogP contribution in [0.3, 0.4) is 0 Å². The highest BCUT2D eigenvalue weighted by Crippen LogP contribution is 2.43. The largest absolute Gasteiger partial charge is 0.391 e. The van der Waals surface area contributed by atoms with E-state index >= 15 is 0 Å². The van der Waals surface area contributed by atoms with Gasteiger partial charge in [-0.1, -0.05) is 13.3 Å². The van der Waals surface area contributed by atoms with Crippen LogP contribution in [-0.4, -0.2) is 36.8 Å². The molecule has 2 N–H and O–H groups in total. The van der Waals surface area contributed by atoms with E-state index in [4.69, 9.17) is 5.73 Å². The standard InChI is InChI=1S/C11H21F3N2/c1-3-16(2)10(8-15)6-4-5-9(7-10)11(12,13)14/h9H,3-8,15H2,1-2H3. The minimum absolute atomic E-state index is 0.150. The van der Waals surface area contributed by atoms with Crippen molar-refractivity contribution < 1.29 is 13.2 Å². The molecular weight excluding hydrogens is 217 g/mol. The zero-order chi connectivity index (χ0) is 12.4. The van der Waals surface area contributed by atoms with Crippen LogP contribution in [0.1, 0.15) is 32.6 Å². The van der Waals surface area contributed by atoms with Gasteiger partial charge in [-0.3, -0.25) is 4.90 Å². The first-order valence-corrected chi connectivity index (χ1v) is 5.84. The van der Waals surface area contributed by atoms with Crippen LogP contribution in [0.15, 0.2) is 0 Å². The highest BCUT2D eigenvalue weighted by molar-refractivity contribution is 4.96. The molecule has 5 heteroatoms. The van der Waals surface area contributed by atoms with E-state index in [0.29, 0.717) is 13.0 Å². The van der Waals surface area contributed by atoms with Crippen molar-refractivity contribution in [3.05, 3.63) is 0 Å². The van der Waals surface area contributed by atoms with Gasteiger partial charge < -0.3 is 5.73 Å². The van der Waals surface area contributed by atoms with Gasteiger partial charge in [0.25, 0.3) is 0 Å². The van der Waals surface area contributed by atoms with E-state index in [0.717, 1.165) is 13.0 Å². The maximum atomic E-state index is 12.7. The summed E-state index contributed by atoms with van der Waals surface area (Å²) in [6, 6.07) is 0. The van der Waals surface area contributed by atoms with Crippen molar-refractivity contribution in [2.75, 3.05) is 20.1 Å². The van der Waals surface area contributed by atoms with E-state index in [-0.39, 0.29) is 12.8 Å². The number of rotatable bonds is 3. The third-order valence-electron chi connectivity index (χ3n) is 3.95. The molecule has 0 spiro atoms. The molecule has 0 heterocycles. The SMILES string of the molecule is CCN(C)C1(CN)CCCC(C(F)(F)F)C1. The normalized spacial score (nSPS) is 32.1. The number of likely N-dealkylation sites (N-methyl/N-ethyl adjacent to an activating group) is 1. The molecule has 1 aliphatic carbocycles. The molecular formula is C11H21F3N2. The summed E-state index contributed by atoms with van der Waals surface area (Å²) in [6.45, 7) is 3.00. The van der Waals surface area contributed by atoms with Gasteiger partial charge in [0.15, 0.2) is 0 Å². The Labute approximate surface area is 95.0 Å². The molecule has 2 nitrogen and oxygen atoms in total. The first kappa shape index (κ1) is 13.8. The quantitative estimate of drug-likeness (QED) is 0.818. The summed E-state index contributed by atoms with van der Waals surface area (Å²) >= 11 is 0. The molecule has 2 atom stereocenters. The first-order chi connectivity index (χ1) is 7.35. The van der Waals surface area contributed by atoms with E-state index in [2.05, 4.69) is 0 Å². The zero-order valence-electron chi connectivity index (χ0n) is 9.98. The van der Waals surface area contributed by atoms with E-state index < -0.39 is 17.6 Å². The molecule has 2 unspecified atom stereocenters. The van der Waals surface area contributed by atoms with Crippen molar-refractivity contribution in [2.45, 2.75) is 44.3 Å². The third kappa shape index (κ3) is 2.69. The maximum Gasteiger partial charge on any atom is 0.391 e. The molecule has 0 amide bonds. The van der Waals surface area contributed by atoms with Crippen LogP contribution in [0, 0.1) is 5.92 Å². The summed E-state index contributed by atoms with van der Waals surface area (Å²) in [5.74, 6) is -1.18. The van der Waals surface area contributed by atoms with Crippen LogP contribution >= 0.6 is 0 Å². The Balaban J connectivity index is 2.80. The molecule has 0 radical (unpaired) electrons. The Bertz CT molecular complexity index is 230. The van der Waals surface area contributed by atoms with Crippen LogP contribution in [0.2, 0.25) is 0 Å². The molecule has 96 valence electrons. The first-order valence-electron chi connectivity index (χ1n) is 5.84. The minimum Gasteiger partial charge on any atom is -0.329 e. The Morgan fingerprint density at radius 2 is 2.06 bits per heavy atom. The van der Waals surface area contributed by atoms with Crippen molar-refractivity contribution in [3.8, 4) is 0 Å². The van der Waals surface area contributed by atoms with Gasteiger partial charge in [0.05, 0.1) is 5.92 Å². The summed E-state index contributed by atoms with van der Waals surface area (Å²) in [5, 5.41) is 0. The molecule has 0 saturated heterocycles. The second-order valence-corrected chi connectivity index (χ2v) is 4.78. The number of nitrogens with two attached hydrogens (primary N) is 1. The van der Waals surface area contributed by atoms with Gasteiger partial charge in [0, 0.05) is 12.1 Å². The fraction of sp³-hybridized carbons (Fsp3) is 1.00. The van der Waals surface area contributed by atoms with Crippen molar-refractivity contribution in [3.63, 3.8) is 0 Å². The number of halogens is 3. The van der Waals surface area contributed by atoms with Gasteiger partial charge in [-0.05, 0) is 32.9 Å². The lowest BCUT2D eigenvalue weighted by atomic mass is 9.74. The molecule has 0 aromatic carbocycles. The molecule has 1 aliphatic rings. The van der Waals surface area contributed by atoms with Crippen LogP contribution in [0.25, 0.3) is 0 Å². The molecule has 1 rings (SSSR count). The van der Waals surface area contributed by atoms with Gasteiger partial charge in [-0.15, -0.1) is 0 Å². The molecule has 1 fully saturated rings. The fourth-order valence-corrected chi connectivity index (χ4v) is 2.64. The smallest absolute Gasteiger partial charge is 0.329 e. The monoisotopic (exact) mass is 238 g/mol. The number of alkyl halides is 3. The lowest BCUT2D eigenvalue weighted by Gasteiger charge is -2.46. The molecule has 0 aliphatic heterocycles. The van der Waals surface area contributed by atoms with Crippen LogP contribution in [0.5, 0.6) is 0 Å². The number of hydrogen-bond donors (Lipinski definition) is 1. The van der Waals surface area contributed by atoms with E-state index in [1.807, 2.05) is 18.9 Å². The molecule has 16 heavy (non-hydrogen) atoms. The summed E-state index contributed by atoms with van der Waals surface area (Å²) in [7, 11) is 1.87. The minimum atomic E-state index is -4.07. The Kier molecular flexibility index (Phi) is 4.23. The van der Waals surface area contributed by atoms with Crippen LogP contribution in [-0.2, 0) is 0 Å². The van der Waals surface area contributed by atoms with Crippen molar-refractivity contribution in [1.82, 2.24) is 4.90 Å². The summed E-state index contributed by atoms with van der Waals surface area (Å²) in [4.78, 5) is 1.98. The van der Waals surface area contributed by atoms with E-state index in [9.17, 15) is 13.2 Å². The topological polar surface area (TPSA) is 29.3 Å². The zero-order valence-corrected chi connectivity index (χ0v) is 9.98. The van der Waals surface area contributed by atoms with Gasteiger partial charge in [0.2, 0.25) is 0 Å². The van der Waals surface area contributed by atoms with E-state index in [1.54, 1.807) is 0 Å². The summed E-state index contributed by atoms with van der Waals surface area (Å²) in [5.41, 5.74) is 5.26. The molecule has 0 aromatic heterocycles. The van der Waals surface area contributed by atoms with Crippen molar-refractivity contribution in [1.29, 1.82) is 0 Å². The van der Waals surface area contributed by atoms with Gasteiger partial charge in [-0.25, -0.2) is 0 Å². The predicted octanol–water partition coefficient (Wildman–Crippen LogP) is 2.39. The van der Waals surface area contributed by atoms with Gasteiger partial charge in [0.1, 0.15) is 0 Å². The summed E-state index contributed by atoms with van der Waals surface area (Å²) in [6.07, 6.45) is -2.28. The van der Waals surface area contributed by atoms with Crippen LogP contribution in [0.4, 0.5) is 13.2 Å². The van der Waals surface area contributed by atoms with Crippen molar-refractivity contribution >= 4 is 0 Å². The lowest BCUT2D eigenvalue weighted by Crippen LogP contribution is -2.56. The number of hydrogen-bond acceptors (Lipinski definition) is 2. The Morgan fingerprint density at radius 3 is 2.50 bits per heavy atom. The third-order valence-corrected chi connectivity index (χ3v) is 3.95. The van der Waals surface area contributed by atoms with E-state index in [1.165, 1.54) is 0 Å². The second-order valence-electron chi connectivity index (χ2n) is 4.78. The second kappa shape index (κ2) is 4.92. The average molecular weight is 238 g/mol. The molecule has 0 aromatic rings. The molecule has 1 saturated carbocycles. The summed E-state index contributed by atoms with van der Waals surface area (Å²) < 4.78 is 38.2. The fourth-order valence-electron chi connectivity index (χ4n) is 2.64. The highest BCUT2D eigenvalue weighted by atomic mass is 19.4. The predicted molar refractivity (Wildman–Crippen MR) is 58.1 cm³/mol. The average Bonchev–Trinajstić information content (AvgIpc) is 2.26. The Hall–Kier alpha value is -0.290. The van der Waals surface area contributed by atoms with Crippen molar-refractivity contribution in [2.24, 2.45) is 11.7 Å². The van der Waals surface area contributed by atoms with Gasteiger partial charge >= 0.3 is 6.18 Å². The van der Waals surface area contributed by atoms with Gasteiger partial charge in [-0.2, -0.15) is 13.2 Å². The maximum absolute atomic E-state index is 12.7. The van der Waals surface area contributed by atoms with Crippen LogP contribution < -0.4 is 5.73 Å². The Morgan fingerprint density at radius 1 is 1.44 bits per heavy atom. The number of nitrogens with zero attached hydrogens (tertiary/aromatic N) is 1. The lowest BCUT2D eigenvalue weighted by molar-refractivity contribution is -0.192.